The van der Waals surface area contributed by atoms with Gasteiger partial charge in [0.1, 0.15) is 34.4 Å². The van der Waals surface area contributed by atoms with E-state index in [2.05, 4.69) is 216 Å². The first-order valence-electron chi connectivity index (χ1n) is 24.1. The molecule has 0 saturated heterocycles. The molecule has 0 aliphatic heterocycles. The summed E-state index contributed by atoms with van der Waals surface area (Å²) in [7, 11) is 0. The lowest BCUT2D eigenvalue weighted by Crippen LogP contribution is -2.15. The predicted octanol–water partition coefficient (Wildman–Crippen LogP) is 16.6. The van der Waals surface area contributed by atoms with Crippen LogP contribution in [0, 0.1) is 22.7 Å². The minimum Gasteiger partial charge on any atom is -0.456 e. The van der Waals surface area contributed by atoms with Gasteiger partial charge in [-0.1, -0.05) is 166 Å². The van der Waals surface area contributed by atoms with E-state index in [9.17, 15) is 10.5 Å². The number of hydrogen-bond acceptors (Lipinski definition) is 3. The van der Waals surface area contributed by atoms with Gasteiger partial charge in [-0.05, 0) is 70.8 Å². The second-order valence-electron chi connectivity index (χ2n) is 19.4. The first-order chi connectivity index (χ1) is 35.0. The molecule has 10 aromatic carbocycles. The van der Waals surface area contributed by atoms with E-state index >= 15 is 0 Å². The molecule has 14 aromatic rings. The molecule has 1 aliphatic rings. The van der Waals surface area contributed by atoms with Gasteiger partial charge < -0.3 is 18.1 Å². The zero-order chi connectivity index (χ0) is 47.3. The Labute approximate surface area is 407 Å². The molecule has 0 saturated carbocycles. The van der Waals surface area contributed by atoms with E-state index in [-0.39, 0.29) is 5.41 Å². The summed E-state index contributed by atoms with van der Waals surface area (Å²) in [5.41, 5.74) is 15.9. The van der Waals surface area contributed by atoms with Gasteiger partial charge in [0, 0.05) is 59.6 Å². The molecular weight excluding hydrogens is 867 g/mol. The van der Waals surface area contributed by atoms with Crippen LogP contribution < -0.4 is 0 Å². The fraction of sp³-hybridized carbons (Fsp3) is 0.0462. The van der Waals surface area contributed by atoms with Crippen molar-refractivity contribution >= 4 is 87.4 Å². The van der Waals surface area contributed by atoms with Crippen molar-refractivity contribution in [1.82, 2.24) is 13.7 Å². The number of fused-ring (bicyclic) bond motifs is 16. The maximum absolute atomic E-state index is 12.4. The van der Waals surface area contributed by atoms with Crippen LogP contribution in [0.2, 0.25) is 0 Å². The van der Waals surface area contributed by atoms with Crippen LogP contribution in [0.15, 0.2) is 205 Å². The van der Waals surface area contributed by atoms with Gasteiger partial charge in [-0.3, -0.25) is 0 Å². The fourth-order valence-corrected chi connectivity index (χ4v) is 12.6. The summed E-state index contributed by atoms with van der Waals surface area (Å²) in [6.45, 7) is 4.60. The smallest absolute Gasteiger partial charge is 0.135 e. The lowest BCUT2D eigenvalue weighted by Gasteiger charge is -2.26. The van der Waals surface area contributed by atoms with Gasteiger partial charge in [0.2, 0.25) is 0 Å². The molecule has 4 aromatic heterocycles. The van der Waals surface area contributed by atoms with Crippen molar-refractivity contribution in [3.63, 3.8) is 0 Å². The number of nitriles is 2. The van der Waals surface area contributed by atoms with Gasteiger partial charge in [0.15, 0.2) is 0 Å². The second kappa shape index (κ2) is 14.2. The first kappa shape index (κ1) is 39.4. The number of rotatable bonds is 4. The lowest BCUT2D eigenvalue weighted by molar-refractivity contribution is 0.661. The molecule has 0 bridgehead atoms. The number of hydrogen-bond donors (Lipinski definition) is 0. The van der Waals surface area contributed by atoms with Crippen LogP contribution >= 0.6 is 0 Å². The minimum atomic E-state index is -0.306. The largest absolute Gasteiger partial charge is 0.456 e. The molecular formula is C65H39N5O. The van der Waals surface area contributed by atoms with Crippen molar-refractivity contribution < 1.29 is 4.42 Å². The van der Waals surface area contributed by atoms with Crippen molar-refractivity contribution in [2.45, 2.75) is 19.3 Å². The highest BCUT2D eigenvalue weighted by molar-refractivity contribution is 6.18. The number of para-hydroxylation sites is 6. The monoisotopic (exact) mass is 905 g/mol. The number of aromatic nitrogens is 3. The van der Waals surface area contributed by atoms with E-state index in [1.165, 1.54) is 11.1 Å². The van der Waals surface area contributed by atoms with Crippen molar-refractivity contribution in [2.24, 2.45) is 0 Å². The van der Waals surface area contributed by atoms with Crippen molar-refractivity contribution in [1.29, 1.82) is 10.5 Å². The third kappa shape index (κ3) is 5.07. The molecule has 4 heterocycles. The highest BCUT2D eigenvalue weighted by Crippen LogP contribution is 2.55. The van der Waals surface area contributed by atoms with Gasteiger partial charge in [-0.15, -0.1) is 0 Å². The molecule has 0 N–H and O–H groups in total. The Bertz CT molecular complexity index is 4510. The number of benzene rings is 10. The third-order valence-corrected chi connectivity index (χ3v) is 15.5. The Morgan fingerprint density at radius 2 is 0.831 bits per heavy atom. The lowest BCUT2D eigenvalue weighted by atomic mass is 9.82. The van der Waals surface area contributed by atoms with E-state index in [4.69, 9.17) is 4.42 Å². The molecule has 6 nitrogen and oxygen atoms in total. The molecule has 0 unspecified atom stereocenters. The molecule has 0 fully saturated rings. The summed E-state index contributed by atoms with van der Waals surface area (Å²) in [5, 5.41) is 33.2. The zero-order valence-electron chi connectivity index (χ0n) is 38.7. The maximum Gasteiger partial charge on any atom is 0.135 e. The van der Waals surface area contributed by atoms with E-state index < -0.39 is 0 Å². The summed E-state index contributed by atoms with van der Waals surface area (Å²) in [6.07, 6.45) is 0. The SMILES string of the molecule is CC1(C)c2ccccc2-c2c1ccc1c3ccccc3n(-c3c(C#N)c(-n4c5ccccc5c5ccccc54)c(-c4ccc5oc6ccccc6c5c4)c(-n4c5ccccc5c5ccccc54)c3C#N)c21. The third-order valence-electron chi connectivity index (χ3n) is 15.5. The average Bonchev–Trinajstić information content (AvgIpc) is 4.20. The van der Waals surface area contributed by atoms with Crippen LogP contribution in [0.4, 0.5) is 0 Å². The van der Waals surface area contributed by atoms with E-state index in [1.54, 1.807) is 0 Å². The van der Waals surface area contributed by atoms with Gasteiger partial charge in [0.05, 0.1) is 50.2 Å². The highest BCUT2D eigenvalue weighted by atomic mass is 16.3. The van der Waals surface area contributed by atoms with Crippen molar-refractivity contribution in [3.8, 4) is 51.5 Å². The van der Waals surface area contributed by atoms with Crippen LogP contribution in [-0.4, -0.2) is 13.7 Å². The zero-order valence-corrected chi connectivity index (χ0v) is 38.7. The summed E-state index contributed by atoms with van der Waals surface area (Å²) >= 11 is 0. The Balaban J connectivity index is 1.25. The highest BCUT2D eigenvalue weighted by Gasteiger charge is 2.39. The minimum absolute atomic E-state index is 0.306. The van der Waals surface area contributed by atoms with Gasteiger partial charge in [0.25, 0.3) is 0 Å². The predicted molar refractivity (Wildman–Crippen MR) is 289 cm³/mol. The van der Waals surface area contributed by atoms with Crippen LogP contribution in [0.3, 0.4) is 0 Å². The second-order valence-corrected chi connectivity index (χ2v) is 19.4. The molecule has 71 heavy (non-hydrogen) atoms. The standard InChI is InChI=1S/C65H39N5O/c1-65(2)50-24-10-3-23-46(50)60-51(65)33-32-45-43-21-8-15-29-56(43)70(62(45)60)61-48(36-66)63(68-52-25-11-4-17-39(52)40-18-5-12-26-53(40)68)59(38-31-34-58-47(35-38)44-22-9-16-30-57(44)71-58)64(49(61)37-67)69-54-27-13-6-19-41(54)42-20-7-14-28-55(42)69/h3-35H,1-2H3. The summed E-state index contributed by atoms with van der Waals surface area (Å²) < 4.78 is 13.3. The quantitative estimate of drug-likeness (QED) is 0.177. The molecule has 6 heteroatoms. The fourth-order valence-electron chi connectivity index (χ4n) is 12.6. The van der Waals surface area contributed by atoms with Gasteiger partial charge in [-0.2, -0.15) is 10.5 Å². The van der Waals surface area contributed by atoms with Crippen molar-refractivity contribution in [2.75, 3.05) is 0 Å². The summed E-state index contributed by atoms with van der Waals surface area (Å²) in [6, 6.07) is 75.8. The molecule has 0 atom stereocenters. The molecule has 0 amide bonds. The Kier molecular flexibility index (Phi) is 7.88. The average molecular weight is 906 g/mol. The normalized spacial score (nSPS) is 13.0. The Morgan fingerprint density at radius 3 is 1.38 bits per heavy atom. The molecule has 1 aliphatic carbocycles. The maximum atomic E-state index is 12.4. The molecule has 0 spiro atoms. The van der Waals surface area contributed by atoms with E-state index in [0.29, 0.717) is 28.2 Å². The van der Waals surface area contributed by atoms with E-state index in [0.717, 1.165) is 110 Å². The van der Waals surface area contributed by atoms with Crippen molar-refractivity contribution in [3.05, 3.63) is 222 Å². The van der Waals surface area contributed by atoms with Crippen LogP contribution in [-0.2, 0) is 5.41 Å². The molecule has 15 rings (SSSR count). The first-order valence-corrected chi connectivity index (χ1v) is 24.1. The topological polar surface area (TPSA) is 75.5 Å². The van der Waals surface area contributed by atoms with Crippen LogP contribution in [0.1, 0.15) is 36.1 Å². The van der Waals surface area contributed by atoms with Gasteiger partial charge in [-0.25, -0.2) is 0 Å². The summed E-state index contributed by atoms with van der Waals surface area (Å²) in [5.74, 6) is 0. The van der Waals surface area contributed by atoms with Gasteiger partial charge >= 0.3 is 0 Å². The number of nitrogens with zero attached hydrogens (tertiary/aromatic N) is 5. The number of furan rings is 1. The van der Waals surface area contributed by atoms with Crippen LogP contribution in [0.25, 0.3) is 127 Å². The Morgan fingerprint density at radius 1 is 0.380 bits per heavy atom. The molecule has 0 radical (unpaired) electrons. The van der Waals surface area contributed by atoms with Crippen LogP contribution in [0.5, 0.6) is 0 Å². The summed E-state index contributed by atoms with van der Waals surface area (Å²) in [4.78, 5) is 0. The molecule has 330 valence electrons. The Hall–Kier alpha value is -9.62. The van der Waals surface area contributed by atoms with E-state index in [1.807, 2.05) is 24.3 Å².